The number of fused-ring (bicyclic) bond motifs is 1. The molecule has 1 amide bonds. The molecule has 0 N–H and O–H groups in total. The number of allylic oxidation sites excluding steroid dienone is 1. The molecule has 2 aliphatic rings. The van der Waals surface area contributed by atoms with Crippen molar-refractivity contribution in [3.63, 3.8) is 0 Å². The molecular weight excluding hydrogens is 385 g/mol. The molecule has 2 aliphatic heterocycles. The summed E-state index contributed by atoms with van der Waals surface area (Å²) in [4.78, 5) is 16.7. The highest BCUT2D eigenvalue weighted by molar-refractivity contribution is 8.03. The molecular formula is C23H22FN3OS. The summed E-state index contributed by atoms with van der Waals surface area (Å²) in [5.74, 6) is 0.564. The Labute approximate surface area is 174 Å². The van der Waals surface area contributed by atoms with Gasteiger partial charge < -0.3 is 4.90 Å². The van der Waals surface area contributed by atoms with Crippen molar-refractivity contribution < 1.29 is 9.18 Å². The maximum Gasteiger partial charge on any atom is 0.229 e. The molecule has 0 aromatic heterocycles. The molecule has 1 saturated heterocycles. The zero-order chi connectivity index (χ0) is 20.5. The Hall–Kier alpha value is -2.78. The SMILES string of the molecule is CC(C)c1ccc(C2CC(=O)N3CN(c4ccc(F)cc4)CSC3=C2C#N)cc1. The van der Waals surface area contributed by atoms with Crippen LogP contribution in [0.15, 0.2) is 59.1 Å². The fraction of sp³-hybridized carbons (Fsp3) is 0.304. The van der Waals surface area contributed by atoms with Crippen molar-refractivity contribution >= 4 is 23.4 Å². The van der Waals surface area contributed by atoms with Crippen molar-refractivity contribution in [2.75, 3.05) is 17.4 Å². The summed E-state index contributed by atoms with van der Waals surface area (Å²) in [5, 5.41) is 10.6. The summed E-state index contributed by atoms with van der Waals surface area (Å²) < 4.78 is 13.2. The summed E-state index contributed by atoms with van der Waals surface area (Å²) in [6, 6.07) is 16.9. The van der Waals surface area contributed by atoms with Crippen LogP contribution in [0.3, 0.4) is 0 Å². The first-order valence-electron chi connectivity index (χ1n) is 9.65. The molecule has 1 fully saturated rings. The predicted molar refractivity (Wildman–Crippen MR) is 114 cm³/mol. The van der Waals surface area contributed by atoms with Gasteiger partial charge in [0, 0.05) is 18.0 Å². The highest BCUT2D eigenvalue weighted by atomic mass is 32.2. The van der Waals surface area contributed by atoms with Crippen LogP contribution in [-0.4, -0.2) is 23.4 Å². The third-order valence-electron chi connectivity index (χ3n) is 5.49. The van der Waals surface area contributed by atoms with E-state index >= 15 is 0 Å². The zero-order valence-electron chi connectivity index (χ0n) is 16.4. The standard InChI is InChI=1S/C23H22FN3OS/c1-15(2)16-3-5-17(6-4-16)20-11-22(28)27-13-26(14-29-23(27)21(20)12-25)19-9-7-18(24)8-10-19/h3-10,15,20H,11,13-14H2,1-2H3. The van der Waals surface area contributed by atoms with Crippen LogP contribution < -0.4 is 4.90 Å². The number of nitriles is 1. The predicted octanol–water partition coefficient (Wildman–Crippen LogP) is 5.17. The second-order valence-electron chi connectivity index (χ2n) is 7.66. The van der Waals surface area contributed by atoms with Gasteiger partial charge in [-0.3, -0.25) is 9.69 Å². The fourth-order valence-corrected chi connectivity index (χ4v) is 4.94. The van der Waals surface area contributed by atoms with E-state index in [-0.39, 0.29) is 24.1 Å². The van der Waals surface area contributed by atoms with Gasteiger partial charge >= 0.3 is 0 Å². The molecule has 0 saturated carbocycles. The Morgan fingerprint density at radius 2 is 1.83 bits per heavy atom. The lowest BCUT2D eigenvalue weighted by Crippen LogP contribution is -2.47. The first-order valence-corrected chi connectivity index (χ1v) is 10.6. The number of nitrogens with zero attached hydrogens (tertiary/aromatic N) is 3. The van der Waals surface area contributed by atoms with E-state index in [1.165, 1.54) is 29.5 Å². The molecule has 2 aromatic rings. The maximum atomic E-state index is 13.2. The molecule has 2 aromatic carbocycles. The first-order chi connectivity index (χ1) is 14.0. The van der Waals surface area contributed by atoms with Crippen LogP contribution in [0.1, 0.15) is 43.2 Å². The number of amides is 1. The van der Waals surface area contributed by atoms with E-state index in [0.717, 1.165) is 16.3 Å². The molecule has 148 valence electrons. The number of anilines is 1. The highest BCUT2D eigenvalue weighted by Gasteiger charge is 2.38. The lowest BCUT2D eigenvalue weighted by molar-refractivity contribution is -0.129. The van der Waals surface area contributed by atoms with Crippen LogP contribution in [-0.2, 0) is 4.79 Å². The molecule has 6 heteroatoms. The topological polar surface area (TPSA) is 47.3 Å². The van der Waals surface area contributed by atoms with E-state index in [1.54, 1.807) is 17.0 Å². The third kappa shape index (κ3) is 3.75. The maximum absolute atomic E-state index is 13.2. The molecule has 0 spiro atoms. The minimum Gasteiger partial charge on any atom is -0.344 e. The molecule has 0 bridgehead atoms. The summed E-state index contributed by atoms with van der Waals surface area (Å²) in [6.45, 7) is 4.66. The number of carbonyl (C=O) groups is 1. The van der Waals surface area contributed by atoms with E-state index in [1.807, 2.05) is 17.0 Å². The van der Waals surface area contributed by atoms with Crippen LogP contribution in [0.5, 0.6) is 0 Å². The number of benzene rings is 2. The van der Waals surface area contributed by atoms with Crippen molar-refractivity contribution in [3.8, 4) is 6.07 Å². The Kier molecular flexibility index (Phi) is 5.33. The quantitative estimate of drug-likeness (QED) is 0.704. The first kappa shape index (κ1) is 19.5. The lowest BCUT2D eigenvalue weighted by atomic mass is 9.85. The van der Waals surface area contributed by atoms with Gasteiger partial charge in [0.2, 0.25) is 5.91 Å². The second kappa shape index (κ2) is 7.92. The van der Waals surface area contributed by atoms with Gasteiger partial charge in [-0.05, 0) is 41.3 Å². The van der Waals surface area contributed by atoms with Crippen LogP contribution in [0, 0.1) is 17.1 Å². The Morgan fingerprint density at radius 1 is 1.14 bits per heavy atom. The normalized spacial score (nSPS) is 19.4. The van der Waals surface area contributed by atoms with Crippen molar-refractivity contribution in [1.82, 2.24) is 4.90 Å². The Balaban J connectivity index is 1.63. The molecule has 0 aliphatic carbocycles. The number of hydrogen-bond donors (Lipinski definition) is 0. The number of hydrogen-bond acceptors (Lipinski definition) is 4. The number of carbonyl (C=O) groups excluding carboxylic acids is 1. The number of rotatable bonds is 3. The summed E-state index contributed by atoms with van der Waals surface area (Å²) in [6.07, 6.45) is 0.283. The van der Waals surface area contributed by atoms with Gasteiger partial charge in [0.25, 0.3) is 0 Å². The van der Waals surface area contributed by atoms with Gasteiger partial charge in [0.1, 0.15) is 5.82 Å². The molecule has 1 unspecified atom stereocenters. The average Bonchev–Trinajstić information content (AvgIpc) is 2.74. The minimum absolute atomic E-state index is 0.0104. The van der Waals surface area contributed by atoms with Gasteiger partial charge in [-0.15, -0.1) is 0 Å². The number of halogens is 1. The van der Waals surface area contributed by atoms with Crippen LogP contribution in [0.2, 0.25) is 0 Å². The van der Waals surface area contributed by atoms with E-state index in [2.05, 4.69) is 32.0 Å². The zero-order valence-corrected chi connectivity index (χ0v) is 17.2. The van der Waals surface area contributed by atoms with Crippen LogP contribution in [0.25, 0.3) is 0 Å². The smallest absolute Gasteiger partial charge is 0.229 e. The van der Waals surface area contributed by atoms with Crippen molar-refractivity contribution in [1.29, 1.82) is 5.26 Å². The fourth-order valence-electron chi connectivity index (χ4n) is 3.78. The Morgan fingerprint density at radius 3 is 2.45 bits per heavy atom. The molecule has 4 nitrogen and oxygen atoms in total. The summed E-state index contributed by atoms with van der Waals surface area (Å²) >= 11 is 1.49. The molecule has 29 heavy (non-hydrogen) atoms. The third-order valence-corrected chi connectivity index (χ3v) is 6.65. The van der Waals surface area contributed by atoms with Gasteiger partial charge in [-0.2, -0.15) is 5.26 Å². The van der Waals surface area contributed by atoms with E-state index < -0.39 is 0 Å². The second-order valence-corrected chi connectivity index (χ2v) is 8.60. The van der Waals surface area contributed by atoms with Gasteiger partial charge in [-0.1, -0.05) is 49.9 Å². The van der Waals surface area contributed by atoms with Crippen molar-refractivity contribution in [2.24, 2.45) is 0 Å². The lowest BCUT2D eigenvalue weighted by Gasteiger charge is -2.42. The van der Waals surface area contributed by atoms with Crippen molar-refractivity contribution in [3.05, 3.63) is 76.1 Å². The Bertz CT molecular complexity index is 992. The average molecular weight is 408 g/mol. The van der Waals surface area contributed by atoms with E-state index in [4.69, 9.17) is 0 Å². The summed E-state index contributed by atoms with van der Waals surface area (Å²) in [5.41, 5.74) is 3.76. The van der Waals surface area contributed by atoms with Crippen molar-refractivity contribution in [2.45, 2.75) is 32.1 Å². The molecule has 1 atom stereocenters. The van der Waals surface area contributed by atoms with Gasteiger partial charge in [0.05, 0.1) is 29.2 Å². The van der Waals surface area contributed by atoms with E-state index in [9.17, 15) is 14.4 Å². The largest absolute Gasteiger partial charge is 0.344 e. The molecule has 4 rings (SSSR count). The number of thioether (sulfide) groups is 1. The van der Waals surface area contributed by atoms with E-state index in [0.29, 0.717) is 24.0 Å². The monoisotopic (exact) mass is 407 g/mol. The van der Waals surface area contributed by atoms with Crippen LogP contribution in [0.4, 0.5) is 10.1 Å². The molecule has 2 heterocycles. The molecule has 0 radical (unpaired) electrons. The minimum atomic E-state index is -0.286. The highest BCUT2D eigenvalue weighted by Crippen LogP contribution is 2.43. The summed E-state index contributed by atoms with van der Waals surface area (Å²) in [7, 11) is 0. The van der Waals surface area contributed by atoms with Gasteiger partial charge in [-0.25, -0.2) is 4.39 Å². The van der Waals surface area contributed by atoms with Crippen LogP contribution >= 0.6 is 11.8 Å². The van der Waals surface area contributed by atoms with Gasteiger partial charge in [0.15, 0.2) is 0 Å².